The second kappa shape index (κ2) is 4.51. The molecule has 4 nitrogen and oxygen atoms in total. The van der Waals surface area contributed by atoms with Crippen LogP contribution in [0.15, 0.2) is 18.2 Å². The predicted octanol–water partition coefficient (Wildman–Crippen LogP) is 3.02. The predicted molar refractivity (Wildman–Crippen MR) is 72.1 cm³/mol. The number of aromatic nitrogens is 3. The minimum atomic E-state index is 0.436. The third kappa shape index (κ3) is 2.01. The van der Waals surface area contributed by atoms with Crippen LogP contribution in [0.4, 0.5) is 0 Å². The SMILES string of the molecule is Cc1cc(C)cc(-n2nnc(C#N)c2C2CCC2)c1. The zero-order valence-electron chi connectivity index (χ0n) is 11.2. The molecule has 0 atom stereocenters. The van der Waals surface area contributed by atoms with E-state index in [-0.39, 0.29) is 0 Å². The number of hydrogen-bond donors (Lipinski definition) is 0. The lowest BCUT2D eigenvalue weighted by Crippen LogP contribution is -2.15. The molecule has 0 radical (unpaired) electrons. The molecule has 0 amide bonds. The summed E-state index contributed by atoms with van der Waals surface area (Å²) in [6.45, 7) is 4.14. The van der Waals surface area contributed by atoms with Crippen molar-refractivity contribution in [3.63, 3.8) is 0 Å². The maximum absolute atomic E-state index is 9.19. The molecule has 96 valence electrons. The minimum Gasteiger partial charge on any atom is -0.216 e. The normalized spacial score (nSPS) is 15.0. The maximum atomic E-state index is 9.19. The standard InChI is InChI=1S/C15H16N4/c1-10-6-11(2)8-13(7-10)19-15(12-4-3-5-12)14(9-16)17-18-19/h6-8,12H,3-5H2,1-2H3. The number of hydrogen-bond acceptors (Lipinski definition) is 3. The van der Waals surface area contributed by atoms with Crippen LogP contribution in [0, 0.1) is 25.2 Å². The molecule has 1 aliphatic rings. The van der Waals surface area contributed by atoms with E-state index in [1.807, 2.05) is 4.68 Å². The molecule has 0 saturated heterocycles. The Hall–Kier alpha value is -2.15. The van der Waals surface area contributed by atoms with Crippen LogP contribution in [-0.2, 0) is 0 Å². The lowest BCUT2D eigenvalue weighted by atomic mass is 9.82. The molecular weight excluding hydrogens is 236 g/mol. The summed E-state index contributed by atoms with van der Waals surface area (Å²) in [5.41, 5.74) is 4.86. The number of nitrogens with zero attached hydrogens (tertiary/aromatic N) is 4. The number of aryl methyl sites for hydroxylation is 2. The van der Waals surface area contributed by atoms with Gasteiger partial charge >= 0.3 is 0 Å². The molecule has 4 heteroatoms. The number of rotatable bonds is 2. The topological polar surface area (TPSA) is 54.5 Å². The Morgan fingerprint density at radius 2 is 1.89 bits per heavy atom. The zero-order chi connectivity index (χ0) is 13.4. The first-order chi connectivity index (χ1) is 9.19. The van der Waals surface area contributed by atoms with Crippen LogP contribution in [0.1, 0.15) is 47.7 Å². The summed E-state index contributed by atoms with van der Waals surface area (Å²) in [6.07, 6.45) is 3.49. The lowest BCUT2D eigenvalue weighted by molar-refractivity contribution is 0.402. The Kier molecular flexibility index (Phi) is 2.83. The van der Waals surface area contributed by atoms with E-state index in [2.05, 4.69) is 48.4 Å². The average molecular weight is 252 g/mol. The largest absolute Gasteiger partial charge is 0.216 e. The van der Waals surface area contributed by atoms with Crippen molar-refractivity contribution in [3.8, 4) is 11.8 Å². The molecule has 19 heavy (non-hydrogen) atoms. The Morgan fingerprint density at radius 1 is 1.21 bits per heavy atom. The summed E-state index contributed by atoms with van der Waals surface area (Å²) in [6, 6.07) is 8.48. The van der Waals surface area contributed by atoms with Gasteiger partial charge in [-0.05, 0) is 49.9 Å². The maximum Gasteiger partial charge on any atom is 0.186 e. The quantitative estimate of drug-likeness (QED) is 0.825. The summed E-state index contributed by atoms with van der Waals surface area (Å²) < 4.78 is 1.85. The minimum absolute atomic E-state index is 0.436. The molecule has 1 aliphatic carbocycles. The Labute approximate surface area is 112 Å². The third-order valence-corrected chi connectivity index (χ3v) is 3.75. The van der Waals surface area contributed by atoms with Gasteiger partial charge in [-0.25, -0.2) is 4.68 Å². The van der Waals surface area contributed by atoms with Gasteiger partial charge in [-0.1, -0.05) is 17.7 Å². The van der Waals surface area contributed by atoms with Crippen LogP contribution in [0.25, 0.3) is 5.69 Å². The smallest absolute Gasteiger partial charge is 0.186 e. The monoisotopic (exact) mass is 252 g/mol. The van der Waals surface area contributed by atoms with Crippen molar-refractivity contribution < 1.29 is 0 Å². The molecule has 0 spiro atoms. The van der Waals surface area contributed by atoms with Gasteiger partial charge in [0.25, 0.3) is 0 Å². The molecule has 0 aliphatic heterocycles. The summed E-state index contributed by atoms with van der Waals surface area (Å²) in [5, 5.41) is 17.4. The van der Waals surface area contributed by atoms with E-state index in [1.54, 1.807) is 0 Å². The molecule has 1 saturated carbocycles. The molecule has 0 N–H and O–H groups in total. The molecule has 2 aromatic rings. The van der Waals surface area contributed by atoms with Crippen molar-refractivity contribution in [2.45, 2.75) is 39.0 Å². The van der Waals surface area contributed by atoms with Crippen LogP contribution in [0.2, 0.25) is 0 Å². The van der Waals surface area contributed by atoms with Gasteiger partial charge in [0, 0.05) is 5.92 Å². The van der Waals surface area contributed by atoms with Gasteiger partial charge in [-0.3, -0.25) is 0 Å². The highest BCUT2D eigenvalue weighted by Gasteiger charge is 2.28. The van der Waals surface area contributed by atoms with Gasteiger partial charge in [0.05, 0.1) is 11.4 Å². The van der Waals surface area contributed by atoms with Crippen LogP contribution >= 0.6 is 0 Å². The highest BCUT2D eigenvalue weighted by atomic mass is 15.4. The summed E-state index contributed by atoms with van der Waals surface area (Å²) in [5.74, 6) is 0.436. The van der Waals surface area contributed by atoms with Gasteiger partial charge in [-0.15, -0.1) is 5.10 Å². The summed E-state index contributed by atoms with van der Waals surface area (Å²) in [4.78, 5) is 0. The zero-order valence-corrected chi connectivity index (χ0v) is 11.2. The van der Waals surface area contributed by atoms with Crippen LogP contribution in [-0.4, -0.2) is 15.0 Å². The third-order valence-electron chi connectivity index (χ3n) is 3.75. The second-order valence-electron chi connectivity index (χ2n) is 5.32. The first kappa shape index (κ1) is 11.9. The highest BCUT2D eigenvalue weighted by molar-refractivity contribution is 5.42. The summed E-state index contributed by atoms with van der Waals surface area (Å²) in [7, 11) is 0. The van der Waals surface area contributed by atoms with E-state index >= 15 is 0 Å². The highest BCUT2D eigenvalue weighted by Crippen LogP contribution is 2.38. The number of benzene rings is 1. The van der Waals surface area contributed by atoms with Gasteiger partial charge in [-0.2, -0.15) is 5.26 Å². The van der Waals surface area contributed by atoms with Gasteiger partial charge in [0.15, 0.2) is 5.69 Å². The fourth-order valence-electron chi connectivity index (χ4n) is 2.68. The fraction of sp³-hybridized carbons (Fsp3) is 0.400. The number of nitriles is 1. The van der Waals surface area contributed by atoms with E-state index in [4.69, 9.17) is 0 Å². The van der Waals surface area contributed by atoms with Crippen molar-refractivity contribution in [1.29, 1.82) is 5.26 Å². The van der Waals surface area contributed by atoms with E-state index in [0.717, 1.165) is 24.2 Å². The molecule has 1 fully saturated rings. The molecule has 1 heterocycles. The van der Waals surface area contributed by atoms with Crippen LogP contribution < -0.4 is 0 Å². The Bertz CT molecular complexity index is 639. The molecule has 1 aromatic carbocycles. The fourth-order valence-corrected chi connectivity index (χ4v) is 2.68. The van der Waals surface area contributed by atoms with Crippen molar-refractivity contribution in [1.82, 2.24) is 15.0 Å². The van der Waals surface area contributed by atoms with E-state index in [1.165, 1.54) is 17.5 Å². The van der Waals surface area contributed by atoms with Gasteiger partial charge in [0.2, 0.25) is 0 Å². The van der Waals surface area contributed by atoms with E-state index < -0.39 is 0 Å². The molecule has 0 unspecified atom stereocenters. The van der Waals surface area contributed by atoms with Crippen molar-refractivity contribution in [2.24, 2.45) is 0 Å². The second-order valence-corrected chi connectivity index (χ2v) is 5.32. The van der Waals surface area contributed by atoms with Gasteiger partial charge in [0.1, 0.15) is 6.07 Å². The van der Waals surface area contributed by atoms with Crippen molar-refractivity contribution in [2.75, 3.05) is 0 Å². The summed E-state index contributed by atoms with van der Waals surface area (Å²) >= 11 is 0. The molecule has 1 aromatic heterocycles. The van der Waals surface area contributed by atoms with Crippen molar-refractivity contribution in [3.05, 3.63) is 40.7 Å². The molecular formula is C15H16N4. The first-order valence-corrected chi connectivity index (χ1v) is 6.63. The van der Waals surface area contributed by atoms with Gasteiger partial charge < -0.3 is 0 Å². The van der Waals surface area contributed by atoms with E-state index in [9.17, 15) is 5.26 Å². The average Bonchev–Trinajstić information content (AvgIpc) is 2.69. The lowest BCUT2D eigenvalue weighted by Gasteiger charge is -2.25. The Balaban J connectivity index is 2.14. The van der Waals surface area contributed by atoms with Crippen molar-refractivity contribution >= 4 is 0 Å². The van der Waals surface area contributed by atoms with Crippen LogP contribution in [0.3, 0.4) is 0 Å². The van der Waals surface area contributed by atoms with Crippen LogP contribution in [0.5, 0.6) is 0 Å². The molecule has 3 rings (SSSR count). The molecule has 0 bridgehead atoms. The Morgan fingerprint density at radius 3 is 2.42 bits per heavy atom. The van der Waals surface area contributed by atoms with E-state index in [0.29, 0.717) is 11.6 Å². The first-order valence-electron chi connectivity index (χ1n) is 6.63.